The Labute approximate surface area is 84.0 Å². The molecule has 0 amide bonds. The van der Waals surface area contributed by atoms with E-state index in [9.17, 15) is 0 Å². The van der Waals surface area contributed by atoms with Crippen molar-refractivity contribution in [2.75, 3.05) is 0 Å². The van der Waals surface area contributed by atoms with Gasteiger partial charge in [-0.25, -0.2) is 4.98 Å². The molecule has 0 radical (unpaired) electrons. The third-order valence-corrected chi connectivity index (χ3v) is 2.92. The molecule has 2 aromatic heterocycles. The molecule has 0 atom stereocenters. The van der Waals surface area contributed by atoms with Crippen LogP contribution in [-0.4, -0.2) is 14.4 Å². The molecule has 0 bridgehead atoms. The first-order valence-electron chi connectivity index (χ1n) is 3.66. The molecule has 0 aliphatic carbocycles. The van der Waals surface area contributed by atoms with Gasteiger partial charge in [0.05, 0.1) is 11.4 Å². The van der Waals surface area contributed by atoms with E-state index < -0.39 is 0 Å². The summed E-state index contributed by atoms with van der Waals surface area (Å²) < 4.78 is 3.10. The van der Waals surface area contributed by atoms with Gasteiger partial charge in [-0.3, -0.25) is 4.98 Å². The Morgan fingerprint density at radius 3 is 2.83 bits per heavy atom. The quantitative estimate of drug-likeness (QED) is 0.687. The van der Waals surface area contributed by atoms with Gasteiger partial charge in [0.1, 0.15) is 3.70 Å². The maximum Gasteiger partial charge on any atom is 0.159 e. The first kappa shape index (κ1) is 7.97. The van der Waals surface area contributed by atoms with E-state index in [4.69, 9.17) is 0 Å². The highest BCUT2D eigenvalue weighted by molar-refractivity contribution is 14.1. The van der Waals surface area contributed by atoms with Gasteiger partial charge in [-0.2, -0.15) is 0 Å². The number of imidazole rings is 1. The summed E-state index contributed by atoms with van der Waals surface area (Å²) in [5.41, 5.74) is 3.11. The SMILES string of the molecule is Cc1nccn2c(C)c(I)nc12. The lowest BCUT2D eigenvalue weighted by molar-refractivity contribution is 1.04. The summed E-state index contributed by atoms with van der Waals surface area (Å²) in [7, 11) is 0. The Bertz CT molecular complexity index is 433. The molecule has 4 heteroatoms. The fraction of sp³-hybridized carbons (Fsp3) is 0.250. The Balaban J connectivity index is 2.95. The minimum atomic E-state index is 0.958. The van der Waals surface area contributed by atoms with Gasteiger partial charge in [-0.05, 0) is 36.4 Å². The average molecular weight is 273 g/mol. The van der Waals surface area contributed by atoms with Crippen LogP contribution in [0.25, 0.3) is 5.65 Å². The van der Waals surface area contributed by atoms with E-state index >= 15 is 0 Å². The van der Waals surface area contributed by atoms with Crippen LogP contribution in [0.3, 0.4) is 0 Å². The molecule has 0 fully saturated rings. The Morgan fingerprint density at radius 1 is 1.42 bits per heavy atom. The average Bonchev–Trinajstić information content (AvgIpc) is 2.32. The third-order valence-electron chi connectivity index (χ3n) is 1.90. The second-order valence-electron chi connectivity index (χ2n) is 2.69. The summed E-state index contributed by atoms with van der Waals surface area (Å²) in [4.78, 5) is 8.57. The highest BCUT2D eigenvalue weighted by atomic mass is 127. The van der Waals surface area contributed by atoms with Crippen LogP contribution in [-0.2, 0) is 0 Å². The number of aryl methyl sites for hydroxylation is 2. The van der Waals surface area contributed by atoms with Crippen molar-refractivity contribution in [1.82, 2.24) is 14.4 Å². The number of aromatic nitrogens is 3. The van der Waals surface area contributed by atoms with Crippen LogP contribution >= 0.6 is 22.6 Å². The van der Waals surface area contributed by atoms with Gasteiger partial charge >= 0.3 is 0 Å². The minimum absolute atomic E-state index is 0.958. The zero-order chi connectivity index (χ0) is 8.72. The molecule has 0 aromatic carbocycles. The van der Waals surface area contributed by atoms with E-state index in [1.54, 1.807) is 6.20 Å². The summed E-state index contributed by atoms with van der Waals surface area (Å²) in [6, 6.07) is 0. The second-order valence-corrected chi connectivity index (χ2v) is 3.72. The molecule has 3 nitrogen and oxygen atoms in total. The van der Waals surface area contributed by atoms with Gasteiger partial charge in [0.25, 0.3) is 0 Å². The number of hydrogen-bond donors (Lipinski definition) is 0. The summed E-state index contributed by atoms with van der Waals surface area (Å²) in [5, 5.41) is 0. The zero-order valence-corrected chi connectivity index (χ0v) is 9.03. The molecule has 0 unspecified atom stereocenters. The molecule has 0 spiro atoms. The van der Waals surface area contributed by atoms with Crippen LogP contribution in [0, 0.1) is 17.5 Å². The van der Waals surface area contributed by atoms with E-state index in [-0.39, 0.29) is 0 Å². The van der Waals surface area contributed by atoms with E-state index in [0.29, 0.717) is 0 Å². The van der Waals surface area contributed by atoms with Crippen molar-refractivity contribution in [3.05, 3.63) is 27.5 Å². The van der Waals surface area contributed by atoms with Gasteiger partial charge in [-0.1, -0.05) is 0 Å². The first-order chi connectivity index (χ1) is 5.70. The van der Waals surface area contributed by atoms with E-state index in [1.807, 2.05) is 13.1 Å². The first-order valence-corrected chi connectivity index (χ1v) is 4.74. The largest absolute Gasteiger partial charge is 0.300 e. The highest BCUT2D eigenvalue weighted by Gasteiger charge is 2.06. The van der Waals surface area contributed by atoms with Gasteiger partial charge in [0.2, 0.25) is 0 Å². The smallest absolute Gasteiger partial charge is 0.159 e. The molecule has 2 aromatic rings. The topological polar surface area (TPSA) is 30.2 Å². The van der Waals surface area contributed by atoms with Crippen molar-refractivity contribution in [1.29, 1.82) is 0 Å². The normalized spacial score (nSPS) is 10.9. The summed E-state index contributed by atoms with van der Waals surface area (Å²) in [5.74, 6) is 0. The Kier molecular flexibility index (Phi) is 1.79. The van der Waals surface area contributed by atoms with Crippen LogP contribution in [0.4, 0.5) is 0 Å². The lowest BCUT2D eigenvalue weighted by Crippen LogP contribution is -1.91. The van der Waals surface area contributed by atoms with Crippen molar-refractivity contribution >= 4 is 28.2 Å². The lowest BCUT2D eigenvalue weighted by atomic mass is 10.5. The molecule has 0 saturated heterocycles. The van der Waals surface area contributed by atoms with Gasteiger partial charge in [-0.15, -0.1) is 0 Å². The van der Waals surface area contributed by atoms with Crippen molar-refractivity contribution < 1.29 is 0 Å². The van der Waals surface area contributed by atoms with Crippen LogP contribution in [0.1, 0.15) is 11.4 Å². The molecule has 0 N–H and O–H groups in total. The maximum absolute atomic E-state index is 4.40. The molecule has 2 rings (SSSR count). The number of rotatable bonds is 0. The summed E-state index contributed by atoms with van der Waals surface area (Å²) >= 11 is 2.23. The number of nitrogens with zero attached hydrogens (tertiary/aromatic N) is 3. The standard InChI is InChI=1S/C8H8IN3/c1-5-8-11-7(9)6(2)12(8)4-3-10-5/h3-4H,1-2H3. The predicted molar refractivity (Wildman–Crippen MR) is 55.2 cm³/mol. The van der Waals surface area contributed by atoms with Crippen LogP contribution in [0.15, 0.2) is 12.4 Å². The van der Waals surface area contributed by atoms with Crippen molar-refractivity contribution in [2.24, 2.45) is 0 Å². The summed E-state index contributed by atoms with van der Waals surface area (Å²) in [6.07, 6.45) is 3.74. The van der Waals surface area contributed by atoms with Gasteiger partial charge in [0, 0.05) is 12.4 Å². The van der Waals surface area contributed by atoms with Crippen LogP contribution < -0.4 is 0 Å². The molecule has 12 heavy (non-hydrogen) atoms. The molecule has 2 heterocycles. The number of hydrogen-bond acceptors (Lipinski definition) is 2. The molecular formula is C8H8IN3. The molecular weight excluding hydrogens is 265 g/mol. The Hall–Kier alpha value is -0.650. The van der Waals surface area contributed by atoms with Crippen molar-refractivity contribution in [3.63, 3.8) is 0 Å². The number of halogens is 1. The second kappa shape index (κ2) is 2.69. The molecule has 0 aliphatic rings. The predicted octanol–water partition coefficient (Wildman–Crippen LogP) is 1.95. The fourth-order valence-electron chi connectivity index (χ4n) is 1.19. The fourth-order valence-corrected chi connectivity index (χ4v) is 1.68. The van der Waals surface area contributed by atoms with Crippen LogP contribution in [0.5, 0.6) is 0 Å². The van der Waals surface area contributed by atoms with Crippen LogP contribution in [0.2, 0.25) is 0 Å². The van der Waals surface area contributed by atoms with Gasteiger partial charge in [0.15, 0.2) is 5.65 Å². The van der Waals surface area contributed by atoms with E-state index in [2.05, 4.69) is 43.9 Å². The monoisotopic (exact) mass is 273 g/mol. The molecule has 62 valence electrons. The minimum Gasteiger partial charge on any atom is -0.300 e. The number of fused-ring (bicyclic) bond motifs is 1. The van der Waals surface area contributed by atoms with Gasteiger partial charge < -0.3 is 4.40 Å². The Morgan fingerprint density at radius 2 is 2.17 bits per heavy atom. The lowest BCUT2D eigenvalue weighted by Gasteiger charge is -1.96. The molecule has 0 saturated carbocycles. The van der Waals surface area contributed by atoms with Crippen molar-refractivity contribution in [2.45, 2.75) is 13.8 Å². The third kappa shape index (κ3) is 1.01. The van der Waals surface area contributed by atoms with E-state index in [1.165, 1.54) is 5.69 Å². The molecule has 0 aliphatic heterocycles. The zero-order valence-electron chi connectivity index (χ0n) is 6.87. The highest BCUT2D eigenvalue weighted by Crippen LogP contribution is 2.14. The van der Waals surface area contributed by atoms with Crippen molar-refractivity contribution in [3.8, 4) is 0 Å². The maximum atomic E-state index is 4.40. The summed E-state index contributed by atoms with van der Waals surface area (Å²) in [6.45, 7) is 4.03. The van der Waals surface area contributed by atoms with E-state index in [0.717, 1.165) is 15.0 Å².